The number of ketones is 2. The van der Waals surface area contributed by atoms with E-state index in [0.717, 1.165) is 16.7 Å². The van der Waals surface area contributed by atoms with E-state index in [1.165, 1.54) is 18.2 Å². The lowest BCUT2D eigenvalue weighted by molar-refractivity contribution is 0.0823. The fourth-order valence-electron chi connectivity index (χ4n) is 5.00. The van der Waals surface area contributed by atoms with Crippen LogP contribution in [0.2, 0.25) is 0 Å². The largest absolute Gasteiger partial charge is 0.507 e. The van der Waals surface area contributed by atoms with Crippen LogP contribution in [0.25, 0.3) is 6.08 Å². The van der Waals surface area contributed by atoms with Crippen molar-refractivity contribution >= 4 is 17.6 Å². The van der Waals surface area contributed by atoms with Crippen LogP contribution < -0.4 is 4.74 Å². The molecule has 1 aliphatic heterocycles. The number of aromatic hydroxyl groups is 3. The highest BCUT2D eigenvalue weighted by Crippen LogP contribution is 2.52. The molecule has 0 aromatic heterocycles. The number of rotatable bonds is 5. The van der Waals surface area contributed by atoms with E-state index in [9.17, 15) is 24.9 Å². The Labute approximate surface area is 217 Å². The van der Waals surface area contributed by atoms with Gasteiger partial charge in [0.1, 0.15) is 34.7 Å². The molecular weight excluding hydrogens is 468 g/mol. The first-order valence-electron chi connectivity index (χ1n) is 12.5. The maximum atomic E-state index is 14.0. The molecular formula is C31H34O6. The molecule has 37 heavy (non-hydrogen) atoms. The topological polar surface area (TPSA) is 104 Å². The molecule has 194 valence electrons. The van der Waals surface area contributed by atoms with Crippen LogP contribution >= 0.6 is 0 Å². The molecule has 0 spiro atoms. The van der Waals surface area contributed by atoms with Gasteiger partial charge in [0.2, 0.25) is 0 Å². The number of ether oxygens (including phenoxy) is 1. The Morgan fingerprint density at radius 2 is 1.57 bits per heavy atom. The summed E-state index contributed by atoms with van der Waals surface area (Å²) in [6.45, 7) is 11.6. The predicted octanol–water partition coefficient (Wildman–Crippen LogP) is 6.98. The molecule has 0 amide bonds. The minimum Gasteiger partial charge on any atom is -0.507 e. The molecule has 2 aliphatic rings. The van der Waals surface area contributed by atoms with Crippen LogP contribution in [0.15, 0.2) is 47.1 Å². The number of phenols is 3. The van der Waals surface area contributed by atoms with Gasteiger partial charge in [-0.1, -0.05) is 34.9 Å². The van der Waals surface area contributed by atoms with Gasteiger partial charge in [0.05, 0.1) is 12.0 Å². The van der Waals surface area contributed by atoms with Gasteiger partial charge in [0, 0.05) is 22.1 Å². The molecule has 1 atom stereocenters. The maximum Gasteiger partial charge on any atom is 0.174 e. The first kappa shape index (κ1) is 26.3. The van der Waals surface area contributed by atoms with Crippen LogP contribution in [0.3, 0.4) is 0 Å². The average Bonchev–Trinajstić information content (AvgIpc) is 2.80. The van der Waals surface area contributed by atoms with E-state index in [-0.39, 0.29) is 52.1 Å². The van der Waals surface area contributed by atoms with Crippen molar-refractivity contribution in [2.24, 2.45) is 5.41 Å². The molecule has 3 N–H and O–H groups in total. The van der Waals surface area contributed by atoms with Crippen LogP contribution in [0.4, 0.5) is 0 Å². The Morgan fingerprint density at radius 3 is 2.16 bits per heavy atom. The molecule has 2 aromatic carbocycles. The standard InChI is InChI=1S/C31H34O6/c1-16(2)10-12-18-14-20-25(30(36)31(18,5)6)19(13-11-17(3)4)29-27(28(20)35)23(34)15-24(37-29)26-21(32)8-7-9-22(26)33/h7-11,14,24,32-33,35H,12-13,15H2,1-6H3/t24-/m0/s1. The van der Waals surface area contributed by atoms with Gasteiger partial charge < -0.3 is 20.1 Å². The number of carbonyl (C=O) groups excluding carboxylic acids is 2. The second-order valence-corrected chi connectivity index (χ2v) is 10.9. The molecule has 0 fully saturated rings. The van der Waals surface area contributed by atoms with E-state index in [2.05, 4.69) is 0 Å². The smallest absolute Gasteiger partial charge is 0.174 e. The monoisotopic (exact) mass is 502 g/mol. The molecule has 0 unspecified atom stereocenters. The third kappa shape index (κ3) is 4.57. The Balaban J connectivity index is 2.00. The SMILES string of the molecule is CC(C)=CCC1=Cc2c(O)c3c(c(CC=C(C)C)c2C(=O)C1(C)C)O[C@H](c1c(O)cccc1O)CC3=O. The maximum absolute atomic E-state index is 14.0. The van der Waals surface area contributed by atoms with E-state index >= 15 is 0 Å². The van der Waals surface area contributed by atoms with Gasteiger partial charge in [-0.25, -0.2) is 0 Å². The lowest BCUT2D eigenvalue weighted by atomic mass is 9.68. The third-order valence-electron chi connectivity index (χ3n) is 7.22. The van der Waals surface area contributed by atoms with E-state index < -0.39 is 11.5 Å². The van der Waals surface area contributed by atoms with Crippen LogP contribution in [-0.2, 0) is 6.42 Å². The van der Waals surface area contributed by atoms with Gasteiger partial charge in [-0.2, -0.15) is 0 Å². The van der Waals surface area contributed by atoms with Crippen LogP contribution in [-0.4, -0.2) is 26.9 Å². The minimum atomic E-state index is -0.973. The molecule has 6 heteroatoms. The lowest BCUT2D eigenvalue weighted by Gasteiger charge is -2.36. The molecule has 2 aromatic rings. The number of Topliss-reactive ketones (excluding diaryl/α,β-unsaturated/α-hetero) is 2. The molecule has 0 saturated carbocycles. The highest BCUT2D eigenvalue weighted by molar-refractivity contribution is 6.14. The van der Waals surface area contributed by atoms with Crippen molar-refractivity contribution in [2.75, 3.05) is 0 Å². The molecule has 0 bridgehead atoms. The molecule has 6 nitrogen and oxygen atoms in total. The zero-order valence-electron chi connectivity index (χ0n) is 22.2. The summed E-state index contributed by atoms with van der Waals surface area (Å²) in [6.07, 6.45) is 5.55. The summed E-state index contributed by atoms with van der Waals surface area (Å²) in [5.41, 5.74) is 3.52. The van der Waals surface area contributed by atoms with E-state index in [1.54, 1.807) is 0 Å². The lowest BCUT2D eigenvalue weighted by Crippen LogP contribution is -2.32. The quantitative estimate of drug-likeness (QED) is 0.381. The van der Waals surface area contributed by atoms with Gasteiger partial charge in [-0.3, -0.25) is 9.59 Å². The van der Waals surface area contributed by atoms with Crippen LogP contribution in [0, 0.1) is 5.41 Å². The summed E-state index contributed by atoms with van der Waals surface area (Å²) in [6, 6.07) is 4.32. The fourth-order valence-corrected chi connectivity index (χ4v) is 5.00. The number of hydrogen-bond acceptors (Lipinski definition) is 6. The van der Waals surface area contributed by atoms with Gasteiger partial charge in [0.15, 0.2) is 11.6 Å². The fraction of sp³-hybridized carbons (Fsp3) is 0.355. The van der Waals surface area contributed by atoms with Gasteiger partial charge >= 0.3 is 0 Å². The van der Waals surface area contributed by atoms with Crippen molar-refractivity contribution in [1.82, 2.24) is 0 Å². The van der Waals surface area contributed by atoms with Crippen molar-refractivity contribution < 1.29 is 29.6 Å². The molecule has 1 heterocycles. The van der Waals surface area contributed by atoms with Gasteiger partial charge in [-0.05, 0) is 72.6 Å². The molecule has 0 saturated heterocycles. The summed E-state index contributed by atoms with van der Waals surface area (Å²) >= 11 is 0. The number of carbonyl (C=O) groups is 2. The van der Waals surface area contributed by atoms with Crippen molar-refractivity contribution in [3.63, 3.8) is 0 Å². The first-order chi connectivity index (χ1) is 17.3. The number of allylic oxidation sites excluding steroid dienone is 5. The Kier molecular flexibility index (Phi) is 6.80. The normalized spacial score (nSPS) is 17.8. The Hall–Kier alpha value is -3.80. The number of phenolic OH excluding ortho intramolecular Hbond substituents is 3. The summed E-state index contributed by atoms with van der Waals surface area (Å²) in [5, 5.41) is 32.2. The predicted molar refractivity (Wildman–Crippen MR) is 143 cm³/mol. The zero-order chi connectivity index (χ0) is 27.2. The number of fused-ring (bicyclic) bond motifs is 2. The van der Waals surface area contributed by atoms with E-state index in [4.69, 9.17) is 4.74 Å². The van der Waals surface area contributed by atoms with Crippen LogP contribution in [0.1, 0.15) is 97.9 Å². The van der Waals surface area contributed by atoms with Crippen molar-refractivity contribution in [2.45, 2.75) is 66.9 Å². The molecule has 4 rings (SSSR count). The van der Waals surface area contributed by atoms with Crippen molar-refractivity contribution in [1.29, 1.82) is 0 Å². The molecule has 1 aliphatic carbocycles. The third-order valence-corrected chi connectivity index (χ3v) is 7.22. The highest BCUT2D eigenvalue weighted by atomic mass is 16.5. The van der Waals surface area contributed by atoms with Gasteiger partial charge in [-0.15, -0.1) is 0 Å². The second kappa shape index (κ2) is 9.58. The van der Waals surface area contributed by atoms with Crippen LogP contribution in [0.5, 0.6) is 23.0 Å². The van der Waals surface area contributed by atoms with Crippen molar-refractivity contribution in [3.05, 3.63) is 74.9 Å². The average molecular weight is 503 g/mol. The van der Waals surface area contributed by atoms with Gasteiger partial charge in [0.25, 0.3) is 0 Å². The summed E-state index contributed by atoms with van der Waals surface area (Å²) < 4.78 is 6.27. The number of hydrogen-bond donors (Lipinski definition) is 3. The Bertz CT molecular complexity index is 1380. The summed E-state index contributed by atoms with van der Waals surface area (Å²) in [5.74, 6) is -1.07. The summed E-state index contributed by atoms with van der Waals surface area (Å²) in [4.78, 5) is 27.5. The summed E-state index contributed by atoms with van der Waals surface area (Å²) in [7, 11) is 0. The Morgan fingerprint density at radius 1 is 0.973 bits per heavy atom. The van der Waals surface area contributed by atoms with E-state index in [0.29, 0.717) is 29.5 Å². The number of benzene rings is 2. The molecule has 0 radical (unpaired) electrons. The second-order valence-electron chi connectivity index (χ2n) is 10.9. The minimum absolute atomic E-state index is 0.0346. The first-order valence-corrected chi connectivity index (χ1v) is 12.5. The van der Waals surface area contributed by atoms with Crippen molar-refractivity contribution in [3.8, 4) is 23.0 Å². The highest BCUT2D eigenvalue weighted by Gasteiger charge is 2.43. The van der Waals surface area contributed by atoms with E-state index in [1.807, 2.05) is 59.8 Å². The zero-order valence-corrected chi connectivity index (χ0v) is 22.2.